The van der Waals surface area contributed by atoms with Crippen molar-refractivity contribution < 1.29 is 13.6 Å². The first kappa shape index (κ1) is 14.8. The van der Waals surface area contributed by atoms with Crippen LogP contribution in [0.3, 0.4) is 0 Å². The van der Waals surface area contributed by atoms with E-state index in [0.29, 0.717) is 23.5 Å². The van der Waals surface area contributed by atoms with Crippen LogP contribution in [0.4, 0.5) is 25.8 Å². The van der Waals surface area contributed by atoms with Gasteiger partial charge in [0.25, 0.3) is 5.91 Å². The fraction of sp³-hybridized carbons (Fsp3) is 0.133. The molecule has 2 rings (SSSR count). The summed E-state index contributed by atoms with van der Waals surface area (Å²) in [5.41, 5.74) is 7.05. The highest BCUT2D eigenvalue weighted by Gasteiger charge is 2.12. The molecule has 2 aromatic carbocycles. The van der Waals surface area contributed by atoms with Gasteiger partial charge in [-0.3, -0.25) is 4.79 Å². The van der Waals surface area contributed by atoms with Gasteiger partial charge in [-0.25, -0.2) is 8.78 Å². The van der Waals surface area contributed by atoms with Crippen LogP contribution in [0.5, 0.6) is 0 Å². The van der Waals surface area contributed by atoms with Crippen LogP contribution in [0.1, 0.15) is 17.3 Å². The van der Waals surface area contributed by atoms with Gasteiger partial charge in [0.15, 0.2) is 0 Å². The highest BCUT2D eigenvalue weighted by Crippen LogP contribution is 2.24. The number of benzene rings is 2. The topological polar surface area (TPSA) is 67.2 Å². The first-order chi connectivity index (χ1) is 9.99. The van der Waals surface area contributed by atoms with Gasteiger partial charge in [0.05, 0.1) is 11.3 Å². The Morgan fingerprint density at radius 1 is 1.14 bits per heavy atom. The first-order valence-electron chi connectivity index (χ1n) is 6.40. The number of nitrogens with one attached hydrogen (secondary N) is 2. The Hall–Kier alpha value is -2.63. The molecule has 0 aliphatic carbocycles. The van der Waals surface area contributed by atoms with Crippen molar-refractivity contribution in [2.24, 2.45) is 0 Å². The summed E-state index contributed by atoms with van der Waals surface area (Å²) in [7, 11) is 0. The van der Waals surface area contributed by atoms with Crippen LogP contribution in [-0.4, -0.2) is 12.5 Å². The zero-order valence-electron chi connectivity index (χ0n) is 11.4. The molecule has 21 heavy (non-hydrogen) atoms. The Bertz CT molecular complexity index is 654. The predicted octanol–water partition coefficient (Wildman–Crippen LogP) is 3.04. The molecule has 0 saturated carbocycles. The monoisotopic (exact) mass is 291 g/mol. The van der Waals surface area contributed by atoms with E-state index in [-0.39, 0.29) is 11.6 Å². The average molecular weight is 291 g/mol. The summed E-state index contributed by atoms with van der Waals surface area (Å²) in [4.78, 5) is 12.0. The van der Waals surface area contributed by atoms with Crippen LogP contribution in [0.15, 0.2) is 36.4 Å². The molecular formula is C15H15F2N3O. The number of amides is 1. The van der Waals surface area contributed by atoms with Crippen LogP contribution < -0.4 is 16.4 Å². The van der Waals surface area contributed by atoms with Gasteiger partial charge >= 0.3 is 0 Å². The lowest BCUT2D eigenvalue weighted by Crippen LogP contribution is -2.23. The Morgan fingerprint density at radius 3 is 2.43 bits per heavy atom. The molecule has 0 unspecified atom stereocenters. The minimum absolute atomic E-state index is 0.198. The number of anilines is 3. The van der Waals surface area contributed by atoms with E-state index in [4.69, 9.17) is 5.73 Å². The molecule has 0 fully saturated rings. The zero-order chi connectivity index (χ0) is 15.4. The normalized spacial score (nSPS) is 10.2. The number of hydrogen-bond donors (Lipinski definition) is 3. The third kappa shape index (κ3) is 3.68. The van der Waals surface area contributed by atoms with Crippen LogP contribution in [0.25, 0.3) is 0 Å². The van der Waals surface area contributed by atoms with Crippen LogP contribution >= 0.6 is 0 Å². The molecule has 0 heterocycles. The number of carbonyl (C=O) groups is 1. The number of rotatable bonds is 4. The van der Waals surface area contributed by atoms with Gasteiger partial charge in [-0.05, 0) is 37.3 Å². The summed E-state index contributed by atoms with van der Waals surface area (Å²) in [5.74, 6) is -1.71. The van der Waals surface area contributed by atoms with Crippen molar-refractivity contribution in [2.45, 2.75) is 6.92 Å². The van der Waals surface area contributed by atoms with Gasteiger partial charge in [-0.1, -0.05) is 0 Å². The van der Waals surface area contributed by atoms with Crippen molar-refractivity contribution in [1.82, 2.24) is 5.32 Å². The smallest absolute Gasteiger partial charge is 0.253 e. The Morgan fingerprint density at radius 2 is 1.81 bits per heavy atom. The molecule has 1 amide bonds. The Labute approximate surface area is 121 Å². The van der Waals surface area contributed by atoms with E-state index in [9.17, 15) is 13.6 Å². The number of carbonyl (C=O) groups excluding carboxylic acids is 1. The van der Waals surface area contributed by atoms with E-state index in [0.717, 1.165) is 18.2 Å². The lowest BCUT2D eigenvalue weighted by atomic mass is 10.1. The van der Waals surface area contributed by atoms with Crippen molar-refractivity contribution in [1.29, 1.82) is 0 Å². The highest BCUT2D eigenvalue weighted by atomic mass is 19.1. The number of halogens is 2. The molecule has 0 bridgehead atoms. The van der Waals surface area contributed by atoms with Gasteiger partial charge in [-0.15, -0.1) is 0 Å². The summed E-state index contributed by atoms with van der Waals surface area (Å²) in [5, 5.41) is 5.48. The van der Waals surface area contributed by atoms with E-state index in [2.05, 4.69) is 10.6 Å². The third-order valence-electron chi connectivity index (χ3n) is 2.77. The predicted molar refractivity (Wildman–Crippen MR) is 78.5 cm³/mol. The van der Waals surface area contributed by atoms with E-state index < -0.39 is 11.6 Å². The van der Waals surface area contributed by atoms with Crippen LogP contribution in [0.2, 0.25) is 0 Å². The van der Waals surface area contributed by atoms with E-state index in [1.807, 2.05) is 0 Å². The van der Waals surface area contributed by atoms with E-state index in [1.54, 1.807) is 19.1 Å². The molecule has 0 aliphatic heterocycles. The molecule has 0 spiro atoms. The molecule has 0 aromatic heterocycles. The van der Waals surface area contributed by atoms with E-state index in [1.165, 1.54) is 6.07 Å². The van der Waals surface area contributed by atoms with Crippen molar-refractivity contribution >= 4 is 23.0 Å². The maximum atomic E-state index is 13.2. The first-order valence-corrected chi connectivity index (χ1v) is 6.40. The van der Waals surface area contributed by atoms with Crippen LogP contribution in [0, 0.1) is 11.6 Å². The standard InChI is InChI=1S/C15H15F2N3O/c1-2-19-15(21)13-4-3-11(18)8-14(13)20-12-6-9(16)5-10(17)7-12/h3-8,20H,2,18H2,1H3,(H,19,21). The summed E-state index contributed by atoms with van der Waals surface area (Å²) in [6.07, 6.45) is 0. The SMILES string of the molecule is CCNC(=O)c1ccc(N)cc1Nc1cc(F)cc(F)c1. The van der Waals surface area contributed by atoms with Gasteiger partial charge < -0.3 is 16.4 Å². The maximum absolute atomic E-state index is 13.2. The molecule has 4 N–H and O–H groups in total. The lowest BCUT2D eigenvalue weighted by molar-refractivity contribution is 0.0956. The second kappa shape index (κ2) is 6.21. The summed E-state index contributed by atoms with van der Waals surface area (Å²) in [6, 6.07) is 7.71. The van der Waals surface area contributed by atoms with Crippen molar-refractivity contribution in [3.05, 3.63) is 53.6 Å². The number of nitrogen functional groups attached to an aromatic ring is 1. The molecule has 2 aromatic rings. The van der Waals surface area contributed by atoms with Gasteiger partial charge in [-0.2, -0.15) is 0 Å². The Kier molecular flexibility index (Phi) is 4.37. The summed E-state index contributed by atoms with van der Waals surface area (Å²) < 4.78 is 26.4. The minimum Gasteiger partial charge on any atom is -0.399 e. The molecule has 0 aliphatic rings. The molecule has 0 atom stereocenters. The fourth-order valence-corrected chi connectivity index (χ4v) is 1.90. The van der Waals surface area contributed by atoms with Crippen molar-refractivity contribution in [3.8, 4) is 0 Å². The highest BCUT2D eigenvalue weighted by molar-refractivity contribution is 6.00. The third-order valence-corrected chi connectivity index (χ3v) is 2.77. The summed E-state index contributed by atoms with van der Waals surface area (Å²) in [6.45, 7) is 2.27. The average Bonchev–Trinajstić information content (AvgIpc) is 2.37. The van der Waals surface area contributed by atoms with Crippen molar-refractivity contribution in [2.75, 3.05) is 17.6 Å². The quantitative estimate of drug-likeness (QED) is 0.758. The van der Waals surface area contributed by atoms with Gasteiger partial charge in [0.1, 0.15) is 11.6 Å². The van der Waals surface area contributed by atoms with Crippen LogP contribution in [-0.2, 0) is 0 Å². The van der Waals surface area contributed by atoms with Gasteiger partial charge in [0, 0.05) is 24.0 Å². The minimum atomic E-state index is -0.707. The number of nitrogens with two attached hydrogens (primary N) is 1. The fourth-order valence-electron chi connectivity index (χ4n) is 1.90. The largest absolute Gasteiger partial charge is 0.399 e. The molecular weight excluding hydrogens is 276 g/mol. The maximum Gasteiger partial charge on any atom is 0.253 e. The number of hydrogen-bond acceptors (Lipinski definition) is 3. The molecule has 0 saturated heterocycles. The van der Waals surface area contributed by atoms with Gasteiger partial charge in [0.2, 0.25) is 0 Å². The zero-order valence-corrected chi connectivity index (χ0v) is 11.4. The Balaban J connectivity index is 2.38. The van der Waals surface area contributed by atoms with E-state index >= 15 is 0 Å². The lowest BCUT2D eigenvalue weighted by Gasteiger charge is -2.13. The van der Waals surface area contributed by atoms with Crippen molar-refractivity contribution in [3.63, 3.8) is 0 Å². The molecule has 0 radical (unpaired) electrons. The molecule has 110 valence electrons. The summed E-state index contributed by atoms with van der Waals surface area (Å²) >= 11 is 0. The second-order valence-electron chi connectivity index (χ2n) is 4.45. The second-order valence-corrected chi connectivity index (χ2v) is 4.45. The molecule has 6 heteroatoms. The molecule has 4 nitrogen and oxygen atoms in total.